The van der Waals surface area contributed by atoms with Crippen LogP contribution >= 0.6 is 11.8 Å². The van der Waals surface area contributed by atoms with Crippen LogP contribution in [0.4, 0.5) is 5.69 Å². The third-order valence-electron chi connectivity index (χ3n) is 4.73. The van der Waals surface area contributed by atoms with Gasteiger partial charge in [0.15, 0.2) is 11.5 Å². The molecule has 148 valence electrons. The first kappa shape index (κ1) is 20.0. The van der Waals surface area contributed by atoms with Gasteiger partial charge in [0.2, 0.25) is 0 Å². The Morgan fingerprint density at radius 3 is 2.46 bits per heavy atom. The molecule has 8 heteroatoms. The number of hydrogen-bond donors (Lipinski definition) is 0. The van der Waals surface area contributed by atoms with Gasteiger partial charge >= 0.3 is 0 Å². The lowest BCUT2D eigenvalue weighted by Crippen LogP contribution is -2.33. The van der Waals surface area contributed by atoms with Crippen LogP contribution in [0.1, 0.15) is 27.6 Å². The fourth-order valence-electron chi connectivity index (χ4n) is 3.27. The maximum absolute atomic E-state index is 13.1. The predicted octanol–water partition coefficient (Wildman–Crippen LogP) is 3.93. The van der Waals surface area contributed by atoms with E-state index in [4.69, 9.17) is 9.47 Å². The zero-order valence-electron chi connectivity index (χ0n) is 15.8. The van der Waals surface area contributed by atoms with Crippen LogP contribution in [0.15, 0.2) is 42.5 Å². The van der Waals surface area contributed by atoms with Crippen LogP contribution in [0.3, 0.4) is 0 Å². The molecule has 2 aromatic rings. The molecule has 0 aromatic heterocycles. The van der Waals surface area contributed by atoms with Crippen LogP contribution in [0.5, 0.6) is 11.5 Å². The van der Waals surface area contributed by atoms with Crippen molar-refractivity contribution >= 4 is 23.4 Å². The summed E-state index contributed by atoms with van der Waals surface area (Å²) in [6.45, 7) is 1.08. The van der Waals surface area contributed by atoms with Gasteiger partial charge in [-0.25, -0.2) is 0 Å². The van der Waals surface area contributed by atoms with Gasteiger partial charge in [0.25, 0.3) is 11.6 Å². The highest BCUT2D eigenvalue weighted by atomic mass is 32.2. The van der Waals surface area contributed by atoms with Crippen LogP contribution in [0.2, 0.25) is 0 Å². The Morgan fingerprint density at radius 2 is 1.82 bits per heavy atom. The summed E-state index contributed by atoms with van der Waals surface area (Å²) in [4.78, 5) is 25.7. The molecule has 1 aliphatic heterocycles. The number of methoxy groups -OCH3 is 2. The maximum atomic E-state index is 13.1. The number of nitrogens with zero attached hydrogens (tertiary/aromatic N) is 2. The number of carbonyl (C=O) groups is 1. The van der Waals surface area contributed by atoms with E-state index in [0.29, 0.717) is 24.1 Å². The summed E-state index contributed by atoms with van der Waals surface area (Å²) >= 11 is 1.81. The molecule has 1 amide bonds. The molecule has 1 unspecified atom stereocenters. The standard InChI is InChI=1S/C20H22N2O5S/c1-26-17-12-15(16(22(24)25)13-18(17)27-2)20(23)21-9-8-19(28-11-10-21)14-6-4-3-5-7-14/h3-7,12-13,19H,8-11H2,1-2H3. The van der Waals surface area contributed by atoms with Gasteiger partial charge in [-0.2, -0.15) is 11.8 Å². The lowest BCUT2D eigenvalue weighted by atomic mass is 10.1. The Hall–Kier alpha value is -2.74. The van der Waals surface area contributed by atoms with Crippen molar-refractivity contribution in [3.63, 3.8) is 0 Å². The zero-order chi connectivity index (χ0) is 20.1. The average Bonchev–Trinajstić information content (AvgIpc) is 2.99. The summed E-state index contributed by atoms with van der Waals surface area (Å²) in [5.74, 6) is 0.929. The Balaban J connectivity index is 1.84. The third kappa shape index (κ3) is 4.22. The number of nitro benzene ring substituents is 1. The summed E-state index contributed by atoms with van der Waals surface area (Å²) in [6.07, 6.45) is 0.793. The molecule has 0 saturated carbocycles. The molecule has 0 N–H and O–H groups in total. The summed E-state index contributed by atoms with van der Waals surface area (Å²) < 4.78 is 10.4. The minimum atomic E-state index is -0.561. The van der Waals surface area contributed by atoms with E-state index in [1.54, 1.807) is 16.7 Å². The van der Waals surface area contributed by atoms with Crippen molar-refractivity contribution in [1.82, 2.24) is 4.90 Å². The van der Waals surface area contributed by atoms with Crippen molar-refractivity contribution in [1.29, 1.82) is 0 Å². The van der Waals surface area contributed by atoms with Gasteiger partial charge in [-0.15, -0.1) is 0 Å². The van der Waals surface area contributed by atoms with Crippen molar-refractivity contribution in [2.24, 2.45) is 0 Å². The second kappa shape index (κ2) is 8.97. The van der Waals surface area contributed by atoms with Crippen LogP contribution in [0.25, 0.3) is 0 Å². The molecular weight excluding hydrogens is 380 g/mol. The quantitative estimate of drug-likeness (QED) is 0.557. The Labute approximate surface area is 167 Å². The fourth-order valence-corrected chi connectivity index (χ4v) is 4.50. The molecule has 1 aliphatic rings. The minimum absolute atomic E-state index is 0.0193. The predicted molar refractivity (Wildman–Crippen MR) is 108 cm³/mol. The number of ether oxygens (including phenoxy) is 2. The van der Waals surface area contributed by atoms with Crippen molar-refractivity contribution in [2.75, 3.05) is 33.1 Å². The monoisotopic (exact) mass is 402 g/mol. The lowest BCUT2D eigenvalue weighted by Gasteiger charge is -2.21. The van der Waals surface area contributed by atoms with Crippen molar-refractivity contribution in [2.45, 2.75) is 11.7 Å². The van der Waals surface area contributed by atoms with E-state index in [-0.39, 0.29) is 22.9 Å². The Kier molecular flexibility index (Phi) is 6.41. The number of hydrogen-bond acceptors (Lipinski definition) is 6. The molecule has 2 aromatic carbocycles. The van der Waals surface area contributed by atoms with E-state index in [9.17, 15) is 14.9 Å². The van der Waals surface area contributed by atoms with Crippen molar-refractivity contribution in [3.8, 4) is 11.5 Å². The topological polar surface area (TPSA) is 81.9 Å². The zero-order valence-corrected chi connectivity index (χ0v) is 16.6. The molecule has 1 atom stereocenters. The SMILES string of the molecule is COc1cc(C(=O)N2CCSC(c3ccccc3)CC2)c([N+](=O)[O-])cc1OC. The van der Waals surface area contributed by atoms with Gasteiger partial charge in [0, 0.05) is 30.2 Å². The second-order valence-electron chi connectivity index (χ2n) is 6.33. The van der Waals surface area contributed by atoms with E-state index in [2.05, 4.69) is 12.1 Å². The van der Waals surface area contributed by atoms with E-state index < -0.39 is 4.92 Å². The van der Waals surface area contributed by atoms with Crippen molar-refractivity contribution in [3.05, 3.63) is 63.7 Å². The van der Waals surface area contributed by atoms with Crippen LogP contribution in [0, 0.1) is 10.1 Å². The molecule has 0 radical (unpaired) electrons. The maximum Gasteiger partial charge on any atom is 0.286 e. The molecule has 0 spiro atoms. The molecule has 3 rings (SSSR count). The highest BCUT2D eigenvalue weighted by molar-refractivity contribution is 7.99. The van der Waals surface area contributed by atoms with Crippen LogP contribution in [-0.4, -0.2) is 48.8 Å². The van der Waals surface area contributed by atoms with Gasteiger partial charge < -0.3 is 14.4 Å². The number of rotatable bonds is 5. The second-order valence-corrected chi connectivity index (χ2v) is 7.64. The number of amides is 1. The number of benzene rings is 2. The average molecular weight is 402 g/mol. The normalized spacial score (nSPS) is 16.9. The van der Waals surface area contributed by atoms with Crippen molar-refractivity contribution < 1.29 is 19.2 Å². The van der Waals surface area contributed by atoms with Crippen LogP contribution < -0.4 is 9.47 Å². The van der Waals surface area contributed by atoms with Gasteiger partial charge in [-0.05, 0) is 12.0 Å². The number of nitro groups is 1. The van der Waals surface area contributed by atoms with E-state index in [1.807, 2.05) is 18.2 Å². The van der Waals surface area contributed by atoms with E-state index >= 15 is 0 Å². The van der Waals surface area contributed by atoms with Gasteiger partial charge in [-0.3, -0.25) is 14.9 Å². The molecular formula is C20H22N2O5S. The summed E-state index contributed by atoms with van der Waals surface area (Å²) in [7, 11) is 2.84. The third-order valence-corrected chi connectivity index (χ3v) is 6.06. The smallest absolute Gasteiger partial charge is 0.286 e. The lowest BCUT2D eigenvalue weighted by molar-refractivity contribution is -0.385. The Morgan fingerprint density at radius 1 is 1.14 bits per heavy atom. The first-order valence-electron chi connectivity index (χ1n) is 8.91. The van der Waals surface area contributed by atoms with E-state index in [0.717, 1.165) is 12.2 Å². The highest BCUT2D eigenvalue weighted by Crippen LogP contribution is 2.37. The molecule has 1 saturated heterocycles. The molecule has 1 fully saturated rings. The minimum Gasteiger partial charge on any atom is -0.493 e. The summed E-state index contributed by atoms with van der Waals surface area (Å²) in [6, 6.07) is 12.8. The number of thioether (sulfide) groups is 1. The molecule has 0 aliphatic carbocycles. The summed E-state index contributed by atoms with van der Waals surface area (Å²) in [5.41, 5.74) is 0.976. The molecule has 1 heterocycles. The highest BCUT2D eigenvalue weighted by Gasteiger charge is 2.29. The van der Waals surface area contributed by atoms with Crippen LogP contribution in [-0.2, 0) is 0 Å². The Bertz CT molecular complexity index is 859. The van der Waals surface area contributed by atoms with Gasteiger partial charge in [0.1, 0.15) is 5.56 Å². The van der Waals surface area contributed by atoms with Gasteiger partial charge in [0.05, 0.1) is 25.2 Å². The van der Waals surface area contributed by atoms with E-state index in [1.165, 1.54) is 31.9 Å². The van der Waals surface area contributed by atoms with Gasteiger partial charge in [-0.1, -0.05) is 30.3 Å². The molecule has 28 heavy (non-hydrogen) atoms. The summed E-state index contributed by atoms with van der Waals surface area (Å²) in [5, 5.41) is 11.8. The largest absolute Gasteiger partial charge is 0.493 e. The molecule has 0 bridgehead atoms. The number of carbonyl (C=O) groups excluding carboxylic acids is 1. The first-order valence-corrected chi connectivity index (χ1v) is 9.96. The molecule has 7 nitrogen and oxygen atoms in total. The fraction of sp³-hybridized carbons (Fsp3) is 0.350. The first-order chi connectivity index (χ1) is 13.5.